The van der Waals surface area contributed by atoms with Crippen molar-refractivity contribution in [2.75, 3.05) is 0 Å². The molecular formula is C10H10N8OS. The molecule has 3 heterocycles. The van der Waals surface area contributed by atoms with Crippen molar-refractivity contribution in [3.8, 4) is 10.6 Å². The Hall–Kier alpha value is -2.62. The van der Waals surface area contributed by atoms with Crippen LogP contribution < -0.4 is 5.32 Å². The highest BCUT2D eigenvalue weighted by Gasteiger charge is 2.12. The molecule has 0 fully saturated rings. The van der Waals surface area contributed by atoms with Crippen LogP contribution in [0.4, 0.5) is 0 Å². The monoisotopic (exact) mass is 290 g/mol. The second kappa shape index (κ2) is 5.17. The van der Waals surface area contributed by atoms with Crippen molar-refractivity contribution >= 4 is 17.2 Å². The Morgan fingerprint density at radius 3 is 3.05 bits per heavy atom. The van der Waals surface area contributed by atoms with Gasteiger partial charge >= 0.3 is 0 Å². The van der Waals surface area contributed by atoms with Crippen LogP contribution in [0.2, 0.25) is 0 Å². The standard InChI is InChI=1S/C10H10N8OS/c1-18-5-7(14-17-18)9(19)11-4-8-15-16-10(20-8)6-2-12-13-3-6/h2-3,5H,4H2,1H3,(H,11,19)(H,12,13). The van der Waals surface area contributed by atoms with Gasteiger partial charge in [-0.1, -0.05) is 16.6 Å². The summed E-state index contributed by atoms with van der Waals surface area (Å²) in [7, 11) is 1.70. The predicted octanol–water partition coefficient (Wildman–Crippen LogP) is -0.0133. The molecule has 0 saturated carbocycles. The molecule has 0 aliphatic rings. The summed E-state index contributed by atoms with van der Waals surface area (Å²) in [5.74, 6) is -0.293. The lowest BCUT2D eigenvalue weighted by Gasteiger charge is -1.97. The number of rotatable bonds is 4. The maximum atomic E-state index is 11.8. The number of carbonyl (C=O) groups is 1. The fourth-order valence-corrected chi connectivity index (χ4v) is 2.27. The van der Waals surface area contributed by atoms with E-state index in [2.05, 4.69) is 36.0 Å². The van der Waals surface area contributed by atoms with Gasteiger partial charge in [-0.3, -0.25) is 14.6 Å². The van der Waals surface area contributed by atoms with Crippen molar-refractivity contribution in [3.05, 3.63) is 29.3 Å². The van der Waals surface area contributed by atoms with Gasteiger partial charge in [-0.25, -0.2) is 0 Å². The maximum Gasteiger partial charge on any atom is 0.273 e. The molecule has 10 heteroatoms. The van der Waals surface area contributed by atoms with E-state index in [1.807, 2.05) is 0 Å². The van der Waals surface area contributed by atoms with Gasteiger partial charge in [0.25, 0.3) is 5.91 Å². The third kappa shape index (κ3) is 2.54. The van der Waals surface area contributed by atoms with Gasteiger partial charge in [0.05, 0.1) is 24.5 Å². The lowest BCUT2D eigenvalue weighted by molar-refractivity contribution is 0.0945. The fourth-order valence-electron chi connectivity index (χ4n) is 1.51. The summed E-state index contributed by atoms with van der Waals surface area (Å²) in [6.07, 6.45) is 4.96. The minimum atomic E-state index is -0.293. The van der Waals surface area contributed by atoms with Gasteiger partial charge in [-0.05, 0) is 0 Å². The van der Waals surface area contributed by atoms with Crippen LogP contribution in [0.3, 0.4) is 0 Å². The van der Waals surface area contributed by atoms with Gasteiger partial charge in [-0.2, -0.15) is 5.10 Å². The molecule has 3 aromatic rings. The Morgan fingerprint density at radius 1 is 1.45 bits per heavy atom. The lowest BCUT2D eigenvalue weighted by Crippen LogP contribution is -2.23. The second-order valence-corrected chi connectivity index (χ2v) is 5.01. The van der Waals surface area contributed by atoms with E-state index in [1.165, 1.54) is 16.0 Å². The third-order valence-electron chi connectivity index (χ3n) is 2.45. The number of hydrogen-bond donors (Lipinski definition) is 2. The van der Waals surface area contributed by atoms with Crippen molar-refractivity contribution in [2.24, 2.45) is 7.05 Å². The molecule has 9 nitrogen and oxygen atoms in total. The Morgan fingerprint density at radius 2 is 2.35 bits per heavy atom. The average Bonchev–Trinajstić information content (AvgIpc) is 3.16. The summed E-state index contributed by atoms with van der Waals surface area (Å²) in [5, 5.41) is 26.2. The zero-order valence-corrected chi connectivity index (χ0v) is 11.3. The summed E-state index contributed by atoms with van der Waals surface area (Å²) >= 11 is 1.39. The molecule has 0 bridgehead atoms. The van der Waals surface area contributed by atoms with Crippen LogP contribution in [0.25, 0.3) is 10.6 Å². The molecule has 20 heavy (non-hydrogen) atoms. The summed E-state index contributed by atoms with van der Waals surface area (Å²) in [6.45, 7) is 0.297. The number of amides is 1. The van der Waals surface area contributed by atoms with Gasteiger partial charge in [0.15, 0.2) is 10.7 Å². The highest BCUT2D eigenvalue weighted by molar-refractivity contribution is 7.14. The van der Waals surface area contributed by atoms with Crippen LogP contribution in [-0.4, -0.2) is 41.3 Å². The molecule has 0 aliphatic carbocycles. The Kier molecular flexibility index (Phi) is 3.21. The number of aromatic amines is 1. The minimum absolute atomic E-state index is 0.270. The van der Waals surface area contributed by atoms with E-state index in [1.54, 1.807) is 25.6 Å². The second-order valence-electron chi connectivity index (χ2n) is 3.95. The smallest absolute Gasteiger partial charge is 0.273 e. The van der Waals surface area contributed by atoms with Crippen molar-refractivity contribution in [2.45, 2.75) is 6.54 Å². The van der Waals surface area contributed by atoms with Crippen molar-refractivity contribution in [3.63, 3.8) is 0 Å². The zero-order chi connectivity index (χ0) is 13.9. The minimum Gasteiger partial charge on any atom is -0.344 e. The van der Waals surface area contributed by atoms with Crippen molar-refractivity contribution in [1.82, 2.24) is 40.7 Å². The predicted molar refractivity (Wildman–Crippen MR) is 69.7 cm³/mol. The number of aryl methyl sites for hydroxylation is 1. The number of carbonyl (C=O) groups excluding carboxylic acids is 1. The SMILES string of the molecule is Cn1cc(C(=O)NCc2nnc(-c3cn[nH]c3)s2)nn1. The summed E-state index contributed by atoms with van der Waals surface area (Å²) in [6, 6.07) is 0. The van der Waals surface area contributed by atoms with Crippen LogP contribution in [0.5, 0.6) is 0 Å². The summed E-state index contributed by atoms with van der Waals surface area (Å²) < 4.78 is 1.47. The average molecular weight is 290 g/mol. The van der Waals surface area contributed by atoms with Crippen LogP contribution in [0, 0.1) is 0 Å². The molecule has 0 spiro atoms. The Balaban J connectivity index is 1.63. The molecule has 0 radical (unpaired) electrons. The molecule has 0 saturated heterocycles. The van der Waals surface area contributed by atoms with Gasteiger partial charge in [0, 0.05) is 13.2 Å². The van der Waals surface area contributed by atoms with E-state index >= 15 is 0 Å². The summed E-state index contributed by atoms with van der Waals surface area (Å²) in [5.41, 5.74) is 1.14. The van der Waals surface area contributed by atoms with Crippen LogP contribution >= 0.6 is 11.3 Å². The molecule has 0 atom stereocenters. The van der Waals surface area contributed by atoms with Crippen LogP contribution in [-0.2, 0) is 13.6 Å². The van der Waals surface area contributed by atoms with E-state index in [9.17, 15) is 4.79 Å². The molecule has 0 unspecified atom stereocenters. The van der Waals surface area contributed by atoms with E-state index in [0.29, 0.717) is 11.6 Å². The van der Waals surface area contributed by atoms with Crippen LogP contribution in [0.15, 0.2) is 18.6 Å². The third-order valence-corrected chi connectivity index (χ3v) is 3.42. The number of aromatic nitrogens is 7. The first-order valence-corrected chi connectivity index (χ1v) is 6.50. The number of hydrogen-bond acceptors (Lipinski definition) is 7. The highest BCUT2D eigenvalue weighted by Crippen LogP contribution is 2.21. The van der Waals surface area contributed by atoms with Gasteiger partial charge in [0.1, 0.15) is 5.01 Å². The fraction of sp³-hybridized carbons (Fsp3) is 0.200. The number of nitrogens with zero attached hydrogens (tertiary/aromatic N) is 6. The van der Waals surface area contributed by atoms with Crippen molar-refractivity contribution in [1.29, 1.82) is 0 Å². The molecule has 0 aliphatic heterocycles. The van der Waals surface area contributed by atoms with E-state index in [-0.39, 0.29) is 11.6 Å². The Bertz CT molecular complexity index is 715. The zero-order valence-electron chi connectivity index (χ0n) is 10.4. The van der Waals surface area contributed by atoms with Gasteiger partial charge in [0.2, 0.25) is 0 Å². The summed E-state index contributed by atoms with van der Waals surface area (Å²) in [4.78, 5) is 11.8. The first kappa shape index (κ1) is 12.4. The largest absolute Gasteiger partial charge is 0.344 e. The molecule has 3 rings (SSSR count). The van der Waals surface area contributed by atoms with E-state index in [0.717, 1.165) is 10.6 Å². The Labute approximate surface area is 117 Å². The topological polar surface area (TPSA) is 114 Å². The molecule has 3 aromatic heterocycles. The highest BCUT2D eigenvalue weighted by atomic mass is 32.1. The first-order valence-electron chi connectivity index (χ1n) is 5.68. The molecule has 0 aromatic carbocycles. The van der Waals surface area contributed by atoms with Crippen molar-refractivity contribution < 1.29 is 4.79 Å². The molecular weight excluding hydrogens is 280 g/mol. The van der Waals surface area contributed by atoms with Gasteiger partial charge in [-0.15, -0.1) is 15.3 Å². The molecule has 102 valence electrons. The quantitative estimate of drug-likeness (QED) is 0.698. The van der Waals surface area contributed by atoms with Gasteiger partial charge < -0.3 is 5.32 Å². The van der Waals surface area contributed by atoms with Crippen LogP contribution in [0.1, 0.15) is 15.5 Å². The molecule has 2 N–H and O–H groups in total. The number of nitrogens with one attached hydrogen (secondary N) is 2. The maximum absolute atomic E-state index is 11.8. The normalized spacial score (nSPS) is 10.7. The van der Waals surface area contributed by atoms with E-state index < -0.39 is 0 Å². The first-order chi connectivity index (χ1) is 9.72. The lowest BCUT2D eigenvalue weighted by atomic mass is 10.4. The van der Waals surface area contributed by atoms with E-state index in [4.69, 9.17) is 0 Å². The number of H-pyrrole nitrogens is 1. The molecule has 1 amide bonds.